The van der Waals surface area contributed by atoms with Gasteiger partial charge in [0, 0.05) is 53.9 Å². The third-order valence-corrected chi connectivity index (χ3v) is 6.20. The molecule has 4 heteroatoms. The van der Waals surface area contributed by atoms with Crippen molar-refractivity contribution in [3.63, 3.8) is 0 Å². The molecule has 1 aliphatic heterocycles. The maximum atomic E-state index is 13.6. The molecule has 4 nitrogen and oxygen atoms in total. The average Bonchev–Trinajstić information content (AvgIpc) is 3.17. The summed E-state index contributed by atoms with van der Waals surface area (Å²) in [4.78, 5) is 16.1. The highest BCUT2D eigenvalue weighted by atomic mass is 16.5. The number of rotatable bonds is 5. The van der Waals surface area contributed by atoms with Crippen molar-refractivity contribution in [2.24, 2.45) is 0 Å². The van der Waals surface area contributed by atoms with Gasteiger partial charge in [-0.15, -0.1) is 0 Å². The van der Waals surface area contributed by atoms with E-state index in [9.17, 15) is 4.79 Å². The van der Waals surface area contributed by atoms with Crippen LogP contribution in [0.1, 0.15) is 22.8 Å². The third kappa shape index (κ3) is 3.42. The average molecular weight is 399 g/mol. The molecule has 0 unspecified atom stereocenters. The van der Waals surface area contributed by atoms with Gasteiger partial charge in [0.25, 0.3) is 0 Å². The number of carbonyl (C=O) groups is 1. The zero-order chi connectivity index (χ0) is 20.5. The van der Waals surface area contributed by atoms with Crippen LogP contribution in [0.25, 0.3) is 21.7 Å². The number of para-hydroxylation sites is 1. The SMILES string of the molecule is C[C@H](Cn1cc(C(=O)c2cccc3ccccc23)c2ccccc21)N1CCOCC1. The van der Waals surface area contributed by atoms with E-state index in [1.165, 1.54) is 0 Å². The fourth-order valence-electron chi connectivity index (χ4n) is 4.57. The molecule has 0 spiro atoms. The third-order valence-electron chi connectivity index (χ3n) is 6.20. The highest BCUT2D eigenvalue weighted by Gasteiger charge is 2.21. The lowest BCUT2D eigenvalue weighted by Gasteiger charge is -2.32. The van der Waals surface area contributed by atoms with Crippen LogP contribution in [-0.4, -0.2) is 47.6 Å². The van der Waals surface area contributed by atoms with E-state index in [-0.39, 0.29) is 5.78 Å². The summed E-state index contributed by atoms with van der Waals surface area (Å²) in [6, 6.07) is 22.7. The van der Waals surface area contributed by atoms with Gasteiger partial charge < -0.3 is 9.30 Å². The van der Waals surface area contributed by atoms with E-state index in [1.807, 2.05) is 48.7 Å². The second-order valence-corrected chi connectivity index (χ2v) is 8.07. The van der Waals surface area contributed by atoms with Gasteiger partial charge in [-0.1, -0.05) is 60.7 Å². The van der Waals surface area contributed by atoms with E-state index < -0.39 is 0 Å². The minimum absolute atomic E-state index is 0.0841. The van der Waals surface area contributed by atoms with Crippen molar-refractivity contribution in [3.05, 3.63) is 84.1 Å². The first-order valence-corrected chi connectivity index (χ1v) is 10.6. The van der Waals surface area contributed by atoms with Gasteiger partial charge in [0.15, 0.2) is 5.78 Å². The number of benzene rings is 3. The Morgan fingerprint density at radius 3 is 2.43 bits per heavy atom. The summed E-state index contributed by atoms with van der Waals surface area (Å²) in [5.74, 6) is 0.0841. The Kier molecular flexibility index (Phi) is 5.11. The van der Waals surface area contributed by atoms with Gasteiger partial charge in [-0.2, -0.15) is 0 Å². The van der Waals surface area contributed by atoms with E-state index in [0.29, 0.717) is 6.04 Å². The number of hydrogen-bond acceptors (Lipinski definition) is 3. The van der Waals surface area contributed by atoms with Crippen molar-refractivity contribution in [1.29, 1.82) is 0 Å². The smallest absolute Gasteiger partial charge is 0.195 e. The fraction of sp³-hybridized carbons (Fsp3) is 0.269. The number of fused-ring (bicyclic) bond motifs is 2. The molecule has 152 valence electrons. The Labute approximate surface area is 176 Å². The van der Waals surface area contributed by atoms with Crippen LogP contribution in [0.2, 0.25) is 0 Å². The van der Waals surface area contributed by atoms with E-state index >= 15 is 0 Å². The van der Waals surface area contributed by atoms with Crippen molar-refractivity contribution in [2.75, 3.05) is 26.3 Å². The van der Waals surface area contributed by atoms with Crippen molar-refractivity contribution in [1.82, 2.24) is 9.47 Å². The predicted molar refractivity (Wildman–Crippen MR) is 121 cm³/mol. The molecule has 1 fully saturated rings. The molecule has 2 heterocycles. The number of carbonyl (C=O) groups excluding carboxylic acids is 1. The van der Waals surface area contributed by atoms with Gasteiger partial charge in [0.1, 0.15) is 0 Å². The Morgan fingerprint density at radius 2 is 1.60 bits per heavy atom. The zero-order valence-corrected chi connectivity index (χ0v) is 17.3. The molecule has 4 aromatic rings. The molecule has 5 rings (SSSR count). The molecule has 0 bridgehead atoms. The minimum Gasteiger partial charge on any atom is -0.379 e. The van der Waals surface area contributed by atoms with Crippen LogP contribution in [-0.2, 0) is 11.3 Å². The lowest BCUT2D eigenvalue weighted by Crippen LogP contribution is -2.43. The lowest BCUT2D eigenvalue weighted by atomic mass is 9.97. The van der Waals surface area contributed by atoms with E-state index in [1.54, 1.807) is 0 Å². The summed E-state index contributed by atoms with van der Waals surface area (Å²) in [5.41, 5.74) is 2.65. The van der Waals surface area contributed by atoms with Gasteiger partial charge >= 0.3 is 0 Å². The van der Waals surface area contributed by atoms with E-state index in [0.717, 1.165) is 65.7 Å². The molecule has 0 N–H and O–H groups in total. The molecule has 3 aromatic carbocycles. The monoisotopic (exact) mass is 398 g/mol. The molecule has 0 saturated carbocycles. The second kappa shape index (κ2) is 8.05. The van der Waals surface area contributed by atoms with Gasteiger partial charge in [-0.25, -0.2) is 0 Å². The molecule has 0 amide bonds. The quantitative estimate of drug-likeness (QED) is 0.455. The first-order valence-electron chi connectivity index (χ1n) is 10.6. The Bertz CT molecular complexity index is 1200. The molecule has 0 radical (unpaired) electrons. The number of nitrogens with zero attached hydrogens (tertiary/aromatic N) is 2. The Morgan fingerprint density at radius 1 is 0.900 bits per heavy atom. The van der Waals surface area contributed by atoms with Crippen LogP contribution in [0.15, 0.2) is 72.9 Å². The van der Waals surface area contributed by atoms with Gasteiger partial charge in [-0.3, -0.25) is 9.69 Å². The predicted octanol–water partition coefficient (Wildman–Crippen LogP) is 4.75. The number of hydrogen-bond donors (Lipinski definition) is 0. The maximum Gasteiger partial charge on any atom is 0.195 e. The summed E-state index contributed by atoms with van der Waals surface area (Å²) < 4.78 is 7.74. The van der Waals surface area contributed by atoms with Crippen LogP contribution in [0, 0.1) is 0 Å². The molecule has 1 aliphatic rings. The van der Waals surface area contributed by atoms with Crippen LogP contribution in [0.5, 0.6) is 0 Å². The molecule has 1 aromatic heterocycles. The topological polar surface area (TPSA) is 34.5 Å². The summed E-state index contributed by atoms with van der Waals surface area (Å²) in [7, 11) is 0. The fourth-order valence-corrected chi connectivity index (χ4v) is 4.57. The molecular weight excluding hydrogens is 372 g/mol. The molecule has 1 saturated heterocycles. The van der Waals surface area contributed by atoms with Crippen LogP contribution >= 0.6 is 0 Å². The van der Waals surface area contributed by atoms with E-state index in [4.69, 9.17) is 4.74 Å². The Balaban J connectivity index is 1.54. The van der Waals surface area contributed by atoms with Crippen LogP contribution in [0.3, 0.4) is 0 Å². The Hall–Kier alpha value is -2.95. The van der Waals surface area contributed by atoms with Crippen molar-refractivity contribution < 1.29 is 9.53 Å². The first kappa shape index (κ1) is 19.0. The maximum absolute atomic E-state index is 13.6. The second-order valence-electron chi connectivity index (χ2n) is 8.07. The molecular formula is C26H26N2O2. The minimum atomic E-state index is 0.0841. The zero-order valence-electron chi connectivity index (χ0n) is 17.3. The van der Waals surface area contributed by atoms with Gasteiger partial charge in [-0.05, 0) is 23.8 Å². The normalized spacial score (nSPS) is 16.2. The lowest BCUT2D eigenvalue weighted by molar-refractivity contribution is 0.0172. The van der Waals surface area contributed by atoms with Crippen molar-refractivity contribution >= 4 is 27.5 Å². The number of aromatic nitrogens is 1. The van der Waals surface area contributed by atoms with Crippen molar-refractivity contribution in [3.8, 4) is 0 Å². The summed E-state index contributed by atoms with van der Waals surface area (Å²) >= 11 is 0. The van der Waals surface area contributed by atoms with E-state index in [2.05, 4.69) is 40.7 Å². The van der Waals surface area contributed by atoms with Gasteiger partial charge in [0.2, 0.25) is 0 Å². The standard InChI is InChI=1S/C26H26N2O2/c1-19(27-13-15-30-16-14-27)17-28-18-24(22-10-4-5-12-25(22)28)26(29)23-11-6-8-20-7-2-3-9-21(20)23/h2-12,18-19H,13-17H2,1H3/t19-/m1/s1. The van der Waals surface area contributed by atoms with Crippen molar-refractivity contribution in [2.45, 2.75) is 19.5 Å². The number of morpholine rings is 1. The molecule has 0 aliphatic carbocycles. The first-order chi connectivity index (χ1) is 14.7. The molecule has 1 atom stereocenters. The van der Waals surface area contributed by atoms with Crippen LogP contribution < -0.4 is 0 Å². The van der Waals surface area contributed by atoms with Gasteiger partial charge in [0.05, 0.1) is 13.2 Å². The van der Waals surface area contributed by atoms with Crippen LogP contribution in [0.4, 0.5) is 0 Å². The highest BCUT2D eigenvalue weighted by molar-refractivity contribution is 6.21. The largest absolute Gasteiger partial charge is 0.379 e. The summed E-state index contributed by atoms with van der Waals surface area (Å²) in [5, 5.41) is 3.11. The summed E-state index contributed by atoms with van der Waals surface area (Å²) in [6.07, 6.45) is 2.05. The highest BCUT2D eigenvalue weighted by Crippen LogP contribution is 2.27. The summed E-state index contributed by atoms with van der Waals surface area (Å²) in [6.45, 7) is 6.61. The molecule has 30 heavy (non-hydrogen) atoms. The number of ketones is 1. The number of ether oxygens (including phenoxy) is 1.